The van der Waals surface area contributed by atoms with Crippen LogP contribution >= 0.6 is 0 Å². The highest BCUT2D eigenvalue weighted by molar-refractivity contribution is 5.94. The molecule has 1 aliphatic carbocycles. The Balaban J connectivity index is 1.99. The van der Waals surface area contributed by atoms with Gasteiger partial charge in [-0.1, -0.05) is 25.0 Å². The standard InChI is InChI=1S/C15H19NO4/c17-10-11-3-5-12(6-4-11)16-13(18)9-15(14(19)20)7-1-2-8-15/h3-6,17H,1-2,7-10H2,(H,16,18)(H,19,20). The molecule has 5 nitrogen and oxygen atoms in total. The largest absolute Gasteiger partial charge is 0.481 e. The molecule has 0 atom stereocenters. The summed E-state index contributed by atoms with van der Waals surface area (Å²) in [5, 5.41) is 21.0. The smallest absolute Gasteiger partial charge is 0.310 e. The molecule has 2 rings (SSSR count). The first-order valence-corrected chi connectivity index (χ1v) is 6.79. The van der Waals surface area contributed by atoms with Crippen LogP contribution in [-0.4, -0.2) is 22.1 Å². The maximum absolute atomic E-state index is 12.0. The van der Waals surface area contributed by atoms with E-state index in [-0.39, 0.29) is 18.9 Å². The van der Waals surface area contributed by atoms with Crippen LogP contribution in [0.4, 0.5) is 5.69 Å². The van der Waals surface area contributed by atoms with Crippen LogP contribution in [0.5, 0.6) is 0 Å². The van der Waals surface area contributed by atoms with Crippen LogP contribution in [0.25, 0.3) is 0 Å². The van der Waals surface area contributed by atoms with E-state index in [1.165, 1.54) is 0 Å². The lowest BCUT2D eigenvalue weighted by Crippen LogP contribution is -2.32. The van der Waals surface area contributed by atoms with Crippen molar-refractivity contribution in [2.75, 3.05) is 5.32 Å². The molecular formula is C15H19NO4. The second-order valence-electron chi connectivity index (χ2n) is 5.37. The predicted molar refractivity (Wildman–Crippen MR) is 74.1 cm³/mol. The number of amides is 1. The van der Waals surface area contributed by atoms with Crippen LogP contribution < -0.4 is 5.32 Å². The molecule has 20 heavy (non-hydrogen) atoms. The molecule has 1 aromatic rings. The number of carbonyl (C=O) groups is 2. The van der Waals surface area contributed by atoms with E-state index in [0.29, 0.717) is 18.5 Å². The Morgan fingerprint density at radius 1 is 1.15 bits per heavy atom. The summed E-state index contributed by atoms with van der Waals surface area (Å²) < 4.78 is 0. The summed E-state index contributed by atoms with van der Waals surface area (Å²) in [6, 6.07) is 6.84. The van der Waals surface area contributed by atoms with E-state index < -0.39 is 11.4 Å². The van der Waals surface area contributed by atoms with Gasteiger partial charge in [-0.25, -0.2) is 0 Å². The summed E-state index contributed by atoms with van der Waals surface area (Å²) in [5.41, 5.74) is 0.487. The molecule has 1 aromatic carbocycles. The average Bonchev–Trinajstić information content (AvgIpc) is 2.89. The number of nitrogens with one attached hydrogen (secondary N) is 1. The second-order valence-corrected chi connectivity index (χ2v) is 5.37. The van der Waals surface area contributed by atoms with Gasteiger partial charge in [0.15, 0.2) is 0 Å². The van der Waals surface area contributed by atoms with Crippen LogP contribution in [-0.2, 0) is 16.2 Å². The van der Waals surface area contributed by atoms with E-state index in [9.17, 15) is 14.7 Å². The molecular weight excluding hydrogens is 258 g/mol. The Bertz CT molecular complexity index is 489. The molecule has 1 fully saturated rings. The van der Waals surface area contributed by atoms with Crippen molar-refractivity contribution < 1.29 is 19.8 Å². The van der Waals surface area contributed by atoms with Crippen LogP contribution in [0.15, 0.2) is 24.3 Å². The monoisotopic (exact) mass is 277 g/mol. The van der Waals surface area contributed by atoms with Gasteiger partial charge < -0.3 is 15.5 Å². The molecule has 0 radical (unpaired) electrons. The van der Waals surface area contributed by atoms with Gasteiger partial charge in [0.1, 0.15) is 0 Å². The quantitative estimate of drug-likeness (QED) is 0.769. The minimum Gasteiger partial charge on any atom is -0.481 e. The third-order valence-electron chi connectivity index (χ3n) is 3.93. The van der Waals surface area contributed by atoms with Crippen molar-refractivity contribution in [3.8, 4) is 0 Å². The molecule has 1 amide bonds. The van der Waals surface area contributed by atoms with Crippen molar-refractivity contribution in [1.82, 2.24) is 0 Å². The van der Waals surface area contributed by atoms with Crippen molar-refractivity contribution in [3.05, 3.63) is 29.8 Å². The van der Waals surface area contributed by atoms with Crippen LogP contribution in [0.2, 0.25) is 0 Å². The van der Waals surface area contributed by atoms with Gasteiger partial charge in [-0.05, 0) is 30.5 Å². The fourth-order valence-electron chi connectivity index (χ4n) is 2.72. The normalized spacial score (nSPS) is 16.9. The summed E-state index contributed by atoms with van der Waals surface area (Å²) in [7, 11) is 0. The first kappa shape index (κ1) is 14.5. The van der Waals surface area contributed by atoms with Gasteiger partial charge in [-0.2, -0.15) is 0 Å². The second kappa shape index (κ2) is 6.05. The maximum atomic E-state index is 12.0. The molecule has 0 bridgehead atoms. The van der Waals surface area contributed by atoms with E-state index in [0.717, 1.165) is 18.4 Å². The topological polar surface area (TPSA) is 86.6 Å². The molecule has 0 aromatic heterocycles. The van der Waals surface area contributed by atoms with Crippen molar-refractivity contribution >= 4 is 17.6 Å². The molecule has 0 unspecified atom stereocenters. The zero-order chi connectivity index (χ0) is 14.6. The summed E-state index contributed by atoms with van der Waals surface area (Å²) in [4.78, 5) is 23.4. The van der Waals surface area contributed by atoms with E-state index in [4.69, 9.17) is 5.11 Å². The van der Waals surface area contributed by atoms with Gasteiger partial charge in [-0.15, -0.1) is 0 Å². The fraction of sp³-hybridized carbons (Fsp3) is 0.467. The number of carboxylic acid groups (broad SMARTS) is 1. The molecule has 108 valence electrons. The number of anilines is 1. The highest BCUT2D eigenvalue weighted by Gasteiger charge is 2.42. The molecule has 5 heteroatoms. The number of aliphatic hydroxyl groups is 1. The van der Waals surface area contributed by atoms with Gasteiger partial charge in [0.2, 0.25) is 5.91 Å². The lowest BCUT2D eigenvalue weighted by Gasteiger charge is -2.22. The Morgan fingerprint density at radius 3 is 2.25 bits per heavy atom. The molecule has 3 N–H and O–H groups in total. The van der Waals surface area contributed by atoms with Crippen molar-refractivity contribution in [1.29, 1.82) is 0 Å². The number of hydrogen-bond acceptors (Lipinski definition) is 3. The van der Waals surface area contributed by atoms with Gasteiger partial charge in [0.25, 0.3) is 0 Å². The SMILES string of the molecule is O=C(CC1(C(=O)O)CCCC1)Nc1ccc(CO)cc1. The summed E-state index contributed by atoms with van der Waals surface area (Å²) >= 11 is 0. The predicted octanol–water partition coefficient (Wildman–Crippen LogP) is 2.15. The first-order valence-electron chi connectivity index (χ1n) is 6.79. The minimum absolute atomic E-state index is 0.0179. The van der Waals surface area contributed by atoms with Crippen molar-refractivity contribution in [2.45, 2.75) is 38.7 Å². The minimum atomic E-state index is -0.894. The number of hydrogen-bond donors (Lipinski definition) is 3. The molecule has 0 heterocycles. The van der Waals surface area contributed by atoms with Gasteiger partial charge >= 0.3 is 5.97 Å². The lowest BCUT2D eigenvalue weighted by molar-refractivity contribution is -0.150. The molecule has 0 saturated heterocycles. The zero-order valence-corrected chi connectivity index (χ0v) is 11.3. The Hall–Kier alpha value is -1.88. The van der Waals surface area contributed by atoms with Crippen LogP contribution in [0, 0.1) is 5.41 Å². The van der Waals surface area contributed by atoms with E-state index >= 15 is 0 Å². The van der Waals surface area contributed by atoms with Gasteiger partial charge in [0.05, 0.1) is 12.0 Å². The number of benzene rings is 1. The number of aliphatic carboxylic acids is 1. The number of carbonyl (C=O) groups excluding carboxylic acids is 1. The fourth-order valence-corrected chi connectivity index (χ4v) is 2.72. The summed E-state index contributed by atoms with van der Waals surface area (Å²) in [6.07, 6.45) is 2.89. The van der Waals surface area contributed by atoms with Crippen molar-refractivity contribution in [2.24, 2.45) is 5.41 Å². The zero-order valence-electron chi connectivity index (χ0n) is 11.3. The van der Waals surface area contributed by atoms with E-state index in [2.05, 4.69) is 5.32 Å². The Labute approximate surface area is 117 Å². The number of rotatable bonds is 5. The molecule has 1 aliphatic rings. The third-order valence-corrected chi connectivity index (χ3v) is 3.93. The van der Waals surface area contributed by atoms with Crippen LogP contribution in [0.1, 0.15) is 37.7 Å². The molecule has 0 spiro atoms. The average molecular weight is 277 g/mol. The van der Waals surface area contributed by atoms with Gasteiger partial charge in [0, 0.05) is 12.1 Å². The Kier molecular flexibility index (Phi) is 4.39. The van der Waals surface area contributed by atoms with Crippen LogP contribution in [0.3, 0.4) is 0 Å². The first-order chi connectivity index (χ1) is 9.55. The summed E-state index contributed by atoms with van der Waals surface area (Å²) in [6.45, 7) is -0.0453. The molecule has 0 aliphatic heterocycles. The third kappa shape index (κ3) is 3.17. The molecule has 1 saturated carbocycles. The summed E-state index contributed by atoms with van der Waals surface area (Å²) in [5.74, 6) is -1.15. The van der Waals surface area contributed by atoms with Crippen molar-refractivity contribution in [3.63, 3.8) is 0 Å². The maximum Gasteiger partial charge on any atom is 0.310 e. The Morgan fingerprint density at radius 2 is 1.75 bits per heavy atom. The van der Waals surface area contributed by atoms with Gasteiger partial charge in [-0.3, -0.25) is 9.59 Å². The van der Waals surface area contributed by atoms with E-state index in [1.54, 1.807) is 24.3 Å². The highest BCUT2D eigenvalue weighted by Crippen LogP contribution is 2.41. The van der Waals surface area contributed by atoms with E-state index in [1.807, 2.05) is 0 Å². The number of carboxylic acids is 1. The number of aliphatic hydroxyl groups excluding tert-OH is 1. The lowest BCUT2D eigenvalue weighted by atomic mass is 9.82. The highest BCUT2D eigenvalue weighted by atomic mass is 16.4.